The normalized spacial score (nSPS) is 12.8. The fourth-order valence-electron chi connectivity index (χ4n) is 1.43. The molecule has 5 heteroatoms. The quantitative estimate of drug-likeness (QED) is 0.882. The van der Waals surface area contributed by atoms with Crippen LogP contribution in [0.25, 0.3) is 0 Å². The van der Waals surface area contributed by atoms with Gasteiger partial charge in [0.1, 0.15) is 16.9 Å². The van der Waals surface area contributed by atoms with Gasteiger partial charge in [-0.3, -0.25) is 4.79 Å². The molecule has 0 saturated carbocycles. The molecular formula is C12H14F2O2S. The second kappa shape index (κ2) is 6.00. The molecule has 0 radical (unpaired) electrons. The van der Waals surface area contributed by atoms with Crippen LogP contribution in [0.5, 0.6) is 0 Å². The Bertz CT molecular complexity index is 387. The van der Waals surface area contributed by atoms with Crippen molar-refractivity contribution < 1.29 is 18.7 Å². The number of rotatable bonds is 5. The van der Waals surface area contributed by atoms with E-state index in [0.717, 1.165) is 6.07 Å². The van der Waals surface area contributed by atoms with Gasteiger partial charge < -0.3 is 5.11 Å². The zero-order valence-electron chi connectivity index (χ0n) is 9.61. The fraction of sp³-hybridized carbons (Fsp3) is 0.417. The average molecular weight is 260 g/mol. The first-order valence-corrected chi connectivity index (χ1v) is 6.24. The molecule has 0 aliphatic heterocycles. The third-order valence-electron chi connectivity index (χ3n) is 2.20. The molecule has 1 N–H and O–H groups in total. The van der Waals surface area contributed by atoms with Crippen LogP contribution in [-0.2, 0) is 10.5 Å². The fourth-order valence-corrected chi connectivity index (χ4v) is 2.50. The second-order valence-corrected chi connectivity index (χ2v) is 5.22. The summed E-state index contributed by atoms with van der Waals surface area (Å²) in [6.07, 6.45) is 0. The Morgan fingerprint density at radius 3 is 2.24 bits per heavy atom. The summed E-state index contributed by atoms with van der Waals surface area (Å²) in [7, 11) is 0. The predicted octanol–water partition coefficient (Wildman–Crippen LogP) is 3.31. The van der Waals surface area contributed by atoms with Gasteiger partial charge in [-0.2, -0.15) is 0 Å². The molecule has 1 aromatic rings. The van der Waals surface area contributed by atoms with Crippen LogP contribution in [0.3, 0.4) is 0 Å². The van der Waals surface area contributed by atoms with Gasteiger partial charge in [0, 0.05) is 11.8 Å². The first kappa shape index (κ1) is 14.0. The number of hydrogen-bond donors (Lipinski definition) is 1. The average Bonchev–Trinajstić information content (AvgIpc) is 2.14. The maximum atomic E-state index is 12.9. The molecule has 0 fully saturated rings. The number of halogens is 2. The van der Waals surface area contributed by atoms with Crippen molar-refractivity contribution in [3.63, 3.8) is 0 Å². The summed E-state index contributed by atoms with van der Waals surface area (Å²) in [5, 5.41) is 8.39. The summed E-state index contributed by atoms with van der Waals surface area (Å²) >= 11 is 1.18. The predicted molar refractivity (Wildman–Crippen MR) is 63.9 cm³/mol. The molecule has 0 saturated heterocycles. The highest BCUT2D eigenvalue weighted by Crippen LogP contribution is 2.24. The van der Waals surface area contributed by atoms with Gasteiger partial charge in [0.05, 0.1) is 0 Å². The van der Waals surface area contributed by atoms with E-state index in [1.807, 2.05) is 0 Å². The Kier molecular flexibility index (Phi) is 4.93. The molecule has 1 aromatic carbocycles. The number of carboxylic acid groups (broad SMARTS) is 1. The molecule has 0 amide bonds. The molecule has 94 valence electrons. The number of aliphatic carboxylic acids is 1. The Morgan fingerprint density at radius 1 is 1.29 bits per heavy atom. The number of thioether (sulfide) groups is 1. The molecule has 0 heterocycles. The van der Waals surface area contributed by atoms with Crippen LogP contribution in [0, 0.1) is 17.6 Å². The van der Waals surface area contributed by atoms with Gasteiger partial charge in [0.2, 0.25) is 0 Å². The van der Waals surface area contributed by atoms with E-state index in [9.17, 15) is 13.6 Å². The van der Waals surface area contributed by atoms with Crippen LogP contribution in [0.2, 0.25) is 0 Å². The SMILES string of the molecule is CC(C)C(SCc1cc(F)cc(F)c1)C(=O)O. The van der Waals surface area contributed by atoms with Gasteiger partial charge in [-0.15, -0.1) is 11.8 Å². The van der Waals surface area contributed by atoms with Crippen LogP contribution >= 0.6 is 11.8 Å². The van der Waals surface area contributed by atoms with Crippen molar-refractivity contribution in [2.24, 2.45) is 5.92 Å². The minimum absolute atomic E-state index is 0.0316. The zero-order valence-corrected chi connectivity index (χ0v) is 10.4. The Labute approximate surface area is 103 Å². The van der Waals surface area contributed by atoms with Gasteiger partial charge in [0.15, 0.2) is 0 Å². The summed E-state index contributed by atoms with van der Waals surface area (Å²) in [6, 6.07) is 3.23. The number of benzene rings is 1. The van der Waals surface area contributed by atoms with E-state index in [4.69, 9.17) is 5.11 Å². The summed E-state index contributed by atoms with van der Waals surface area (Å²) in [5.41, 5.74) is 0.458. The molecule has 0 aromatic heterocycles. The smallest absolute Gasteiger partial charge is 0.316 e. The van der Waals surface area contributed by atoms with Crippen molar-refractivity contribution in [3.05, 3.63) is 35.4 Å². The van der Waals surface area contributed by atoms with Crippen molar-refractivity contribution in [3.8, 4) is 0 Å². The first-order chi connectivity index (χ1) is 7.90. The molecular weight excluding hydrogens is 246 g/mol. The van der Waals surface area contributed by atoms with Gasteiger partial charge in [-0.25, -0.2) is 8.78 Å². The molecule has 0 aliphatic carbocycles. The van der Waals surface area contributed by atoms with E-state index in [1.165, 1.54) is 23.9 Å². The zero-order chi connectivity index (χ0) is 13.0. The lowest BCUT2D eigenvalue weighted by molar-refractivity contribution is -0.137. The van der Waals surface area contributed by atoms with Crippen LogP contribution in [-0.4, -0.2) is 16.3 Å². The largest absolute Gasteiger partial charge is 0.480 e. The minimum Gasteiger partial charge on any atom is -0.480 e. The lowest BCUT2D eigenvalue weighted by Crippen LogP contribution is -2.22. The van der Waals surface area contributed by atoms with Crippen molar-refractivity contribution in [1.82, 2.24) is 0 Å². The van der Waals surface area contributed by atoms with Gasteiger partial charge in [0.25, 0.3) is 0 Å². The lowest BCUT2D eigenvalue weighted by Gasteiger charge is -2.15. The Balaban J connectivity index is 2.68. The number of carbonyl (C=O) groups is 1. The number of hydrogen-bond acceptors (Lipinski definition) is 2. The van der Waals surface area contributed by atoms with E-state index in [0.29, 0.717) is 5.56 Å². The standard InChI is InChI=1S/C12H14F2O2S/c1-7(2)11(12(15)16)17-6-8-3-9(13)5-10(14)4-8/h3-5,7,11H,6H2,1-2H3,(H,15,16). The van der Waals surface area contributed by atoms with E-state index in [-0.39, 0.29) is 11.7 Å². The number of carboxylic acids is 1. The van der Waals surface area contributed by atoms with Gasteiger partial charge in [-0.1, -0.05) is 13.8 Å². The third-order valence-corrected chi connectivity index (χ3v) is 3.81. The lowest BCUT2D eigenvalue weighted by atomic mass is 10.1. The van der Waals surface area contributed by atoms with E-state index < -0.39 is 22.9 Å². The van der Waals surface area contributed by atoms with E-state index in [1.54, 1.807) is 13.8 Å². The second-order valence-electron chi connectivity index (χ2n) is 4.09. The monoisotopic (exact) mass is 260 g/mol. The molecule has 1 rings (SSSR count). The van der Waals surface area contributed by atoms with Gasteiger partial charge >= 0.3 is 5.97 Å². The van der Waals surface area contributed by atoms with Crippen LogP contribution in [0.1, 0.15) is 19.4 Å². The Morgan fingerprint density at radius 2 is 1.82 bits per heavy atom. The summed E-state index contributed by atoms with van der Waals surface area (Å²) < 4.78 is 25.8. The van der Waals surface area contributed by atoms with Crippen LogP contribution in [0.15, 0.2) is 18.2 Å². The summed E-state index contributed by atoms with van der Waals surface area (Å²) in [4.78, 5) is 10.9. The highest BCUT2D eigenvalue weighted by Gasteiger charge is 2.21. The maximum Gasteiger partial charge on any atom is 0.316 e. The van der Waals surface area contributed by atoms with E-state index in [2.05, 4.69) is 0 Å². The summed E-state index contributed by atoms with van der Waals surface area (Å²) in [5.74, 6) is -1.93. The Hall–Kier alpha value is -1.10. The topological polar surface area (TPSA) is 37.3 Å². The maximum absolute atomic E-state index is 12.9. The van der Waals surface area contributed by atoms with Gasteiger partial charge in [-0.05, 0) is 23.6 Å². The van der Waals surface area contributed by atoms with Crippen LogP contribution in [0.4, 0.5) is 8.78 Å². The first-order valence-electron chi connectivity index (χ1n) is 5.19. The molecule has 0 aliphatic rings. The van der Waals surface area contributed by atoms with Crippen molar-refractivity contribution in [1.29, 1.82) is 0 Å². The van der Waals surface area contributed by atoms with Crippen molar-refractivity contribution in [2.75, 3.05) is 0 Å². The van der Waals surface area contributed by atoms with Crippen molar-refractivity contribution in [2.45, 2.75) is 24.9 Å². The molecule has 1 atom stereocenters. The summed E-state index contributed by atoms with van der Waals surface area (Å²) in [6.45, 7) is 3.61. The molecule has 2 nitrogen and oxygen atoms in total. The molecule has 0 spiro atoms. The van der Waals surface area contributed by atoms with Crippen LogP contribution < -0.4 is 0 Å². The van der Waals surface area contributed by atoms with E-state index >= 15 is 0 Å². The molecule has 17 heavy (non-hydrogen) atoms. The molecule has 1 unspecified atom stereocenters. The highest BCUT2D eigenvalue weighted by atomic mass is 32.2. The molecule has 0 bridgehead atoms. The third kappa shape index (κ3) is 4.34. The minimum atomic E-state index is -0.901. The highest BCUT2D eigenvalue weighted by molar-refractivity contribution is 7.99. The van der Waals surface area contributed by atoms with Crippen molar-refractivity contribution >= 4 is 17.7 Å².